The van der Waals surface area contributed by atoms with Crippen molar-refractivity contribution in [2.24, 2.45) is 0 Å². The Bertz CT molecular complexity index is 143. The van der Waals surface area contributed by atoms with Crippen molar-refractivity contribution in [2.45, 2.75) is 26.7 Å². The minimum atomic E-state index is 0. The summed E-state index contributed by atoms with van der Waals surface area (Å²) in [6, 6.07) is 0. The fraction of sp³-hybridized carbons (Fsp3) is 0.500. The normalized spacial score (nSPS) is 16.2. The molecule has 0 aromatic rings. The van der Waals surface area contributed by atoms with E-state index in [4.69, 9.17) is 0 Å². The first kappa shape index (κ1) is 9.19. The molecule has 0 aliphatic heterocycles. The van der Waals surface area contributed by atoms with Crippen LogP contribution < -0.4 is 0 Å². The fourth-order valence-electron chi connectivity index (χ4n) is 1.00. The van der Waals surface area contributed by atoms with Crippen molar-refractivity contribution in [3.8, 4) is 0 Å². The van der Waals surface area contributed by atoms with E-state index in [-0.39, 0.29) is 21.7 Å². The van der Waals surface area contributed by atoms with Gasteiger partial charge in [0.1, 0.15) is 0 Å². The first-order valence-electron chi connectivity index (χ1n) is 3.11. The zero-order chi connectivity index (χ0) is 5.98. The third kappa shape index (κ3) is 2.11. The van der Waals surface area contributed by atoms with Crippen molar-refractivity contribution in [3.05, 3.63) is 23.3 Å². The van der Waals surface area contributed by atoms with Gasteiger partial charge in [-0.05, 0) is 0 Å². The molecule has 0 N–H and O–H groups in total. The maximum atomic E-state index is 3.24. The summed E-state index contributed by atoms with van der Waals surface area (Å²) in [4.78, 5) is 0. The van der Waals surface area contributed by atoms with E-state index < -0.39 is 0 Å². The molecule has 1 heteroatoms. The van der Waals surface area contributed by atoms with Crippen molar-refractivity contribution in [1.29, 1.82) is 0 Å². The first-order valence-corrected chi connectivity index (χ1v) is 3.11. The SMILES string of the molecule is CCC1=CC[C-]=C1C.[Ti]. The molecule has 0 atom stereocenters. The first-order chi connectivity index (χ1) is 3.84. The smallest absolute Gasteiger partial charge is 0 e. The molecule has 1 aliphatic carbocycles. The molecule has 0 bridgehead atoms. The van der Waals surface area contributed by atoms with Crippen molar-refractivity contribution < 1.29 is 21.7 Å². The van der Waals surface area contributed by atoms with Crippen LogP contribution in [0.4, 0.5) is 0 Å². The summed E-state index contributed by atoms with van der Waals surface area (Å²) in [5.41, 5.74) is 2.83. The summed E-state index contributed by atoms with van der Waals surface area (Å²) in [5.74, 6) is 0. The maximum absolute atomic E-state index is 3.24. The van der Waals surface area contributed by atoms with Crippen LogP contribution in [0.15, 0.2) is 17.2 Å². The molecule has 0 heterocycles. The van der Waals surface area contributed by atoms with Crippen LogP contribution in [0.3, 0.4) is 0 Å². The van der Waals surface area contributed by atoms with Gasteiger partial charge in [-0.1, -0.05) is 20.3 Å². The van der Waals surface area contributed by atoms with Gasteiger partial charge in [0.2, 0.25) is 0 Å². The third-order valence-corrected chi connectivity index (χ3v) is 1.58. The average molecular weight is 155 g/mol. The molecule has 0 aromatic carbocycles. The van der Waals surface area contributed by atoms with Gasteiger partial charge >= 0.3 is 0 Å². The van der Waals surface area contributed by atoms with E-state index in [1.54, 1.807) is 0 Å². The molecule has 0 saturated heterocycles. The van der Waals surface area contributed by atoms with Gasteiger partial charge in [0.05, 0.1) is 0 Å². The van der Waals surface area contributed by atoms with Crippen molar-refractivity contribution in [1.82, 2.24) is 0 Å². The monoisotopic (exact) mass is 155 g/mol. The van der Waals surface area contributed by atoms with Gasteiger partial charge in [0, 0.05) is 21.7 Å². The minimum absolute atomic E-state index is 0. The average Bonchev–Trinajstić information content (AvgIpc) is 2.14. The quantitative estimate of drug-likeness (QED) is 0.403. The van der Waals surface area contributed by atoms with E-state index in [9.17, 15) is 0 Å². The number of rotatable bonds is 1. The van der Waals surface area contributed by atoms with Crippen molar-refractivity contribution >= 4 is 0 Å². The van der Waals surface area contributed by atoms with Gasteiger partial charge < -0.3 is 0 Å². The maximum Gasteiger partial charge on any atom is 0 e. The Morgan fingerprint density at radius 2 is 2.33 bits per heavy atom. The molecule has 9 heavy (non-hydrogen) atoms. The van der Waals surface area contributed by atoms with E-state index in [0.29, 0.717) is 0 Å². The Hall–Kier alpha value is 0.194. The molecule has 0 fully saturated rings. The number of allylic oxidation sites excluding steroid dienone is 4. The Morgan fingerprint density at radius 1 is 1.67 bits per heavy atom. The van der Waals surface area contributed by atoms with Gasteiger partial charge in [0.15, 0.2) is 0 Å². The second-order valence-corrected chi connectivity index (χ2v) is 2.09. The van der Waals surface area contributed by atoms with E-state index in [1.807, 2.05) is 0 Å². The minimum Gasteiger partial charge on any atom is -0.269 e. The third-order valence-electron chi connectivity index (χ3n) is 1.58. The number of hydrogen-bond donors (Lipinski definition) is 0. The Balaban J connectivity index is 0.000000640. The fourth-order valence-corrected chi connectivity index (χ4v) is 1.00. The van der Waals surface area contributed by atoms with Gasteiger partial charge in [-0.3, -0.25) is 6.08 Å². The zero-order valence-electron chi connectivity index (χ0n) is 5.99. The van der Waals surface area contributed by atoms with Gasteiger partial charge in [-0.25, -0.2) is 5.57 Å². The second kappa shape index (κ2) is 4.08. The summed E-state index contributed by atoms with van der Waals surface area (Å²) in [7, 11) is 0. The summed E-state index contributed by atoms with van der Waals surface area (Å²) in [6.07, 6.45) is 7.69. The van der Waals surface area contributed by atoms with Crippen LogP contribution in [-0.4, -0.2) is 0 Å². The standard InChI is InChI=1S/C8H11.Ti/c1-3-8-6-4-5-7(8)2;/h6H,3-4H2,1-2H3;/q-1;. The van der Waals surface area contributed by atoms with Crippen LogP contribution in [0.2, 0.25) is 0 Å². The molecule has 48 valence electrons. The van der Waals surface area contributed by atoms with Crippen molar-refractivity contribution in [3.63, 3.8) is 0 Å². The molecule has 0 unspecified atom stereocenters. The molecule has 0 nitrogen and oxygen atoms in total. The molecule has 0 saturated carbocycles. The van der Waals surface area contributed by atoms with E-state index >= 15 is 0 Å². The molecule has 1 rings (SSSR count). The summed E-state index contributed by atoms with van der Waals surface area (Å²) in [6.45, 7) is 4.31. The summed E-state index contributed by atoms with van der Waals surface area (Å²) in [5, 5.41) is 0. The van der Waals surface area contributed by atoms with E-state index in [0.717, 1.165) is 6.42 Å². The Labute approximate surface area is 71.9 Å². The van der Waals surface area contributed by atoms with Crippen LogP contribution in [0.1, 0.15) is 26.7 Å². The number of hydrogen-bond acceptors (Lipinski definition) is 0. The van der Waals surface area contributed by atoms with Crippen LogP contribution in [0.25, 0.3) is 0 Å². The summed E-state index contributed by atoms with van der Waals surface area (Å²) < 4.78 is 0. The van der Waals surface area contributed by atoms with Gasteiger partial charge in [-0.2, -0.15) is 11.6 Å². The predicted molar refractivity (Wildman–Crippen MR) is 35.4 cm³/mol. The van der Waals surface area contributed by atoms with Crippen LogP contribution >= 0.6 is 0 Å². The molecular weight excluding hydrogens is 144 g/mol. The van der Waals surface area contributed by atoms with Gasteiger partial charge in [-0.15, -0.1) is 6.42 Å². The second-order valence-electron chi connectivity index (χ2n) is 2.09. The van der Waals surface area contributed by atoms with Crippen LogP contribution in [-0.2, 0) is 21.7 Å². The molecule has 0 spiro atoms. The zero-order valence-corrected chi connectivity index (χ0v) is 7.55. The largest absolute Gasteiger partial charge is 0.269 e. The predicted octanol–water partition coefficient (Wildman–Crippen LogP) is 2.47. The topological polar surface area (TPSA) is 0 Å². The van der Waals surface area contributed by atoms with E-state index in [2.05, 4.69) is 26.0 Å². The Morgan fingerprint density at radius 3 is 2.56 bits per heavy atom. The van der Waals surface area contributed by atoms with Crippen LogP contribution in [0, 0.1) is 6.08 Å². The molecule has 1 aliphatic rings. The molecule has 0 radical (unpaired) electrons. The Kier molecular flexibility index (Phi) is 4.17. The van der Waals surface area contributed by atoms with Crippen molar-refractivity contribution in [2.75, 3.05) is 0 Å². The molecule has 0 amide bonds. The van der Waals surface area contributed by atoms with E-state index in [1.165, 1.54) is 17.6 Å². The summed E-state index contributed by atoms with van der Waals surface area (Å²) >= 11 is 0. The molecular formula is C8H11Ti-. The van der Waals surface area contributed by atoms with Crippen LogP contribution in [0.5, 0.6) is 0 Å². The van der Waals surface area contributed by atoms with Gasteiger partial charge in [0.25, 0.3) is 0 Å². The molecule has 0 aromatic heterocycles.